The molecule has 2 amide bonds. The highest BCUT2D eigenvalue weighted by atomic mass is 31.1. The van der Waals surface area contributed by atoms with Crippen LogP contribution in [-0.4, -0.2) is 64.1 Å². The maximum Gasteiger partial charge on any atom is 0.514 e. The molecule has 5 atom stereocenters. The summed E-state index contributed by atoms with van der Waals surface area (Å²) in [6.07, 6.45) is -1.80. The third-order valence-corrected chi connectivity index (χ3v) is 10.7. The summed E-state index contributed by atoms with van der Waals surface area (Å²) in [6, 6.07) is 33.4. The summed E-state index contributed by atoms with van der Waals surface area (Å²) in [7, 11) is -3.47. The second-order valence-electron chi connectivity index (χ2n) is 15.4. The predicted octanol–water partition coefficient (Wildman–Crippen LogP) is 7.87. The molecule has 5 aromatic rings. The molecule has 4 unspecified atom stereocenters. The van der Waals surface area contributed by atoms with Crippen molar-refractivity contribution in [2.75, 3.05) is 6.61 Å². The summed E-state index contributed by atoms with van der Waals surface area (Å²) in [5.41, 5.74) is 1.55. The lowest BCUT2D eigenvalue weighted by Gasteiger charge is -2.29. The Morgan fingerprint density at radius 3 is 1.98 bits per heavy atom. The number of benzene rings is 4. The Morgan fingerprint density at radius 2 is 1.38 bits per heavy atom. The number of rotatable bonds is 19. The van der Waals surface area contributed by atoms with Gasteiger partial charge in [0.05, 0.1) is 12.3 Å². The zero-order valence-corrected chi connectivity index (χ0v) is 35.6. The number of ether oxygens (including phenoxy) is 4. The third kappa shape index (κ3) is 15.1. The standard InChI is InChI=1S/C46H52N3O11P/c1-5-56-43(51)40(26-32-21-23-36(24-22-32)58-45(53)59-46(2,3)4)47-42(50)35(27-37-29-38(49-60-37)34-19-13-8-14-20-34)28-41(61(54)55)39(25-31-15-9-6-10-16-31)48-44(52)57-30-33-17-11-7-12-18-33/h6-24,29,35,39-41,61H,5,25-28,30H2,1-4H3,(H,47,50)(H,48,52)(H,54,55)/t35?,39-,40?,41?/m1/s1. The van der Waals surface area contributed by atoms with Crippen LogP contribution < -0.4 is 15.4 Å². The lowest BCUT2D eigenvalue weighted by atomic mass is 9.91. The molecule has 0 radical (unpaired) electrons. The van der Waals surface area contributed by atoms with E-state index in [0.717, 1.165) is 16.7 Å². The number of esters is 1. The smallest absolute Gasteiger partial charge is 0.464 e. The Balaban J connectivity index is 1.42. The van der Waals surface area contributed by atoms with E-state index in [-0.39, 0.29) is 44.6 Å². The molecule has 3 N–H and O–H groups in total. The molecule has 0 aliphatic rings. The van der Waals surface area contributed by atoms with Crippen molar-refractivity contribution < 1.29 is 52.1 Å². The molecule has 4 aromatic carbocycles. The van der Waals surface area contributed by atoms with Crippen molar-refractivity contribution in [2.45, 2.75) is 83.3 Å². The molecule has 322 valence electrons. The van der Waals surface area contributed by atoms with Crippen LogP contribution in [0.2, 0.25) is 0 Å². The average molecular weight is 854 g/mol. The van der Waals surface area contributed by atoms with Crippen LogP contribution in [0.25, 0.3) is 11.3 Å². The second-order valence-corrected chi connectivity index (χ2v) is 16.8. The van der Waals surface area contributed by atoms with Crippen LogP contribution in [0.5, 0.6) is 5.75 Å². The van der Waals surface area contributed by atoms with Crippen LogP contribution in [0.3, 0.4) is 0 Å². The zero-order valence-electron chi connectivity index (χ0n) is 34.6. The molecular weight excluding hydrogens is 801 g/mol. The van der Waals surface area contributed by atoms with E-state index in [4.69, 9.17) is 23.5 Å². The van der Waals surface area contributed by atoms with E-state index >= 15 is 0 Å². The minimum absolute atomic E-state index is 0.00403. The van der Waals surface area contributed by atoms with E-state index in [0.29, 0.717) is 17.0 Å². The molecule has 15 heteroatoms. The molecule has 61 heavy (non-hydrogen) atoms. The minimum Gasteiger partial charge on any atom is -0.464 e. The van der Waals surface area contributed by atoms with Gasteiger partial charge in [0.2, 0.25) is 5.91 Å². The van der Waals surface area contributed by atoms with Gasteiger partial charge in [0.1, 0.15) is 35.5 Å². The lowest BCUT2D eigenvalue weighted by Crippen LogP contribution is -2.48. The van der Waals surface area contributed by atoms with Gasteiger partial charge in [-0.3, -0.25) is 9.36 Å². The molecule has 0 aliphatic heterocycles. The highest BCUT2D eigenvalue weighted by molar-refractivity contribution is 7.39. The third-order valence-electron chi connectivity index (χ3n) is 9.44. The van der Waals surface area contributed by atoms with Gasteiger partial charge in [-0.25, -0.2) is 14.4 Å². The van der Waals surface area contributed by atoms with Crippen LogP contribution >= 0.6 is 8.03 Å². The monoisotopic (exact) mass is 853 g/mol. The van der Waals surface area contributed by atoms with Gasteiger partial charge in [-0.15, -0.1) is 0 Å². The quantitative estimate of drug-likeness (QED) is 0.0316. The Bertz CT molecular complexity index is 2190. The van der Waals surface area contributed by atoms with Gasteiger partial charge in [0, 0.05) is 36.4 Å². The first-order valence-corrected chi connectivity index (χ1v) is 21.4. The predicted molar refractivity (Wildman–Crippen MR) is 228 cm³/mol. The highest BCUT2D eigenvalue weighted by Crippen LogP contribution is 2.35. The van der Waals surface area contributed by atoms with Crippen molar-refractivity contribution >= 4 is 32.2 Å². The fraction of sp³-hybridized carbons (Fsp3) is 0.326. The van der Waals surface area contributed by atoms with Gasteiger partial charge in [-0.2, -0.15) is 0 Å². The maximum absolute atomic E-state index is 14.5. The maximum atomic E-state index is 14.5. The van der Waals surface area contributed by atoms with E-state index in [1.54, 1.807) is 58.0 Å². The fourth-order valence-corrected chi connectivity index (χ4v) is 7.56. The van der Waals surface area contributed by atoms with E-state index < -0.39 is 61.4 Å². The van der Waals surface area contributed by atoms with Crippen molar-refractivity contribution in [2.24, 2.45) is 5.92 Å². The van der Waals surface area contributed by atoms with Crippen molar-refractivity contribution in [3.05, 3.63) is 144 Å². The highest BCUT2D eigenvalue weighted by Gasteiger charge is 2.36. The van der Waals surface area contributed by atoms with Gasteiger partial charge >= 0.3 is 18.2 Å². The van der Waals surface area contributed by atoms with E-state index in [9.17, 15) is 28.6 Å². The van der Waals surface area contributed by atoms with Gasteiger partial charge in [0.25, 0.3) is 0 Å². The molecule has 14 nitrogen and oxygen atoms in total. The normalized spacial score (nSPS) is 13.7. The first-order valence-electron chi connectivity index (χ1n) is 20.0. The summed E-state index contributed by atoms with van der Waals surface area (Å²) in [5.74, 6) is -1.86. The summed E-state index contributed by atoms with van der Waals surface area (Å²) in [6.45, 7) is 6.80. The molecule has 1 aromatic heterocycles. The fourth-order valence-electron chi connectivity index (χ4n) is 6.52. The molecule has 0 bridgehead atoms. The number of alkyl carbamates (subject to hydrolysis) is 1. The summed E-state index contributed by atoms with van der Waals surface area (Å²) < 4.78 is 40.5. The SMILES string of the molecule is CCOC(=O)C(Cc1ccc(OC(=O)OC(C)(C)C)cc1)NC(=O)C(Cc1cc(-c2ccccc2)no1)CC([C@@H](Cc1ccccc1)NC(=O)OCc1ccccc1)[PH](=O)O. The van der Waals surface area contributed by atoms with Crippen LogP contribution in [0.1, 0.15) is 56.6 Å². The van der Waals surface area contributed by atoms with Crippen molar-refractivity contribution in [1.29, 1.82) is 0 Å². The Hall–Kier alpha value is -6.24. The van der Waals surface area contributed by atoms with E-state index in [1.165, 1.54) is 12.1 Å². The summed E-state index contributed by atoms with van der Waals surface area (Å²) in [4.78, 5) is 64.4. The van der Waals surface area contributed by atoms with Crippen LogP contribution in [0.4, 0.5) is 9.59 Å². The van der Waals surface area contributed by atoms with Gasteiger partial charge in [-0.05, 0) is 69.4 Å². The number of nitrogens with one attached hydrogen (secondary N) is 2. The Morgan fingerprint density at radius 1 is 0.770 bits per heavy atom. The van der Waals surface area contributed by atoms with Gasteiger partial charge < -0.3 is 39.0 Å². The molecule has 1 heterocycles. The number of carbonyl (C=O) groups excluding carboxylic acids is 4. The number of aromatic nitrogens is 1. The van der Waals surface area contributed by atoms with E-state index in [2.05, 4.69) is 15.8 Å². The molecule has 0 aliphatic carbocycles. The lowest BCUT2D eigenvalue weighted by molar-refractivity contribution is -0.147. The largest absolute Gasteiger partial charge is 0.514 e. The molecular formula is C46H52N3O11P. The van der Waals surface area contributed by atoms with Gasteiger partial charge in [0.15, 0.2) is 8.03 Å². The van der Waals surface area contributed by atoms with Crippen molar-refractivity contribution in [3.63, 3.8) is 0 Å². The average Bonchev–Trinajstić information content (AvgIpc) is 3.71. The second kappa shape index (κ2) is 22.4. The molecule has 0 fully saturated rings. The Kier molecular flexibility index (Phi) is 16.8. The first kappa shape index (κ1) is 45.8. The molecule has 5 rings (SSSR count). The van der Waals surface area contributed by atoms with Gasteiger partial charge in [-0.1, -0.05) is 108 Å². The number of hydrogen-bond acceptors (Lipinski definition) is 11. The van der Waals surface area contributed by atoms with Crippen LogP contribution in [-0.2, 0) is 54.2 Å². The van der Waals surface area contributed by atoms with Crippen LogP contribution in [0, 0.1) is 5.92 Å². The summed E-state index contributed by atoms with van der Waals surface area (Å²) in [5, 5.41) is 9.84. The number of hydrogen-bond donors (Lipinski definition) is 3. The minimum atomic E-state index is -3.47. The summed E-state index contributed by atoms with van der Waals surface area (Å²) >= 11 is 0. The van der Waals surface area contributed by atoms with Crippen molar-refractivity contribution in [3.8, 4) is 17.0 Å². The topological polar surface area (TPSA) is 193 Å². The molecule has 0 saturated carbocycles. The number of carbonyl (C=O) groups is 4. The molecule has 0 spiro atoms. The van der Waals surface area contributed by atoms with E-state index in [1.807, 2.05) is 78.9 Å². The first-order chi connectivity index (χ1) is 29.3. The Labute approximate surface area is 355 Å². The number of nitrogens with zero attached hydrogens (tertiary/aromatic N) is 1. The molecule has 0 saturated heterocycles. The van der Waals surface area contributed by atoms with Crippen LogP contribution in [0.15, 0.2) is 126 Å². The zero-order chi connectivity index (χ0) is 43.8. The van der Waals surface area contributed by atoms with Crippen molar-refractivity contribution in [1.82, 2.24) is 15.8 Å². The number of amides is 2.